The highest BCUT2D eigenvalue weighted by Gasteiger charge is 2.37. The molecule has 0 saturated heterocycles. The van der Waals surface area contributed by atoms with Gasteiger partial charge in [-0.3, -0.25) is 0 Å². The third-order valence-electron chi connectivity index (χ3n) is 3.83. The molecule has 0 radical (unpaired) electrons. The smallest absolute Gasteiger partial charge is 0.118 e. The van der Waals surface area contributed by atoms with Gasteiger partial charge in [0.15, 0.2) is 0 Å². The molecule has 1 heterocycles. The van der Waals surface area contributed by atoms with E-state index in [0.29, 0.717) is 0 Å². The molecule has 0 bridgehead atoms. The van der Waals surface area contributed by atoms with E-state index in [1.54, 1.807) is 18.4 Å². The van der Waals surface area contributed by atoms with E-state index in [1.807, 2.05) is 12.1 Å². The first-order chi connectivity index (χ1) is 9.12. The van der Waals surface area contributed by atoms with Crippen LogP contribution in [0.1, 0.15) is 29.1 Å². The van der Waals surface area contributed by atoms with Gasteiger partial charge in [-0.1, -0.05) is 0 Å². The predicted octanol–water partition coefficient (Wildman–Crippen LogP) is 3.47. The number of methoxy groups -OCH3 is 1. The molecular formula is C15H18N2OS. The topological polar surface area (TPSA) is 48.1 Å². The molecule has 19 heavy (non-hydrogen) atoms. The maximum atomic E-state index is 6.36. The van der Waals surface area contributed by atoms with Gasteiger partial charge in [0.05, 0.1) is 18.3 Å². The first kappa shape index (κ1) is 12.6. The van der Waals surface area contributed by atoms with E-state index in [4.69, 9.17) is 15.5 Å². The number of aryl methyl sites for hydroxylation is 1. The molecule has 0 unspecified atom stereocenters. The van der Waals surface area contributed by atoms with Crippen molar-refractivity contribution in [3.63, 3.8) is 0 Å². The van der Waals surface area contributed by atoms with Crippen LogP contribution in [0.2, 0.25) is 0 Å². The zero-order chi connectivity index (χ0) is 13.5. The number of ether oxygens (including phenoxy) is 1. The Labute approximate surface area is 117 Å². The lowest BCUT2D eigenvalue weighted by Crippen LogP contribution is -2.43. The zero-order valence-electron chi connectivity index (χ0n) is 11.3. The number of aromatic nitrogens is 1. The fourth-order valence-electron chi connectivity index (χ4n) is 2.40. The van der Waals surface area contributed by atoms with Gasteiger partial charge in [-0.2, -0.15) is 0 Å². The van der Waals surface area contributed by atoms with Gasteiger partial charge in [0, 0.05) is 10.4 Å². The van der Waals surface area contributed by atoms with Crippen LogP contribution in [0.5, 0.6) is 5.75 Å². The van der Waals surface area contributed by atoms with Crippen LogP contribution in [0, 0.1) is 6.92 Å². The lowest BCUT2D eigenvalue weighted by atomic mass is 9.78. The molecule has 0 spiro atoms. The van der Waals surface area contributed by atoms with Crippen LogP contribution in [-0.2, 0) is 5.54 Å². The van der Waals surface area contributed by atoms with Crippen molar-refractivity contribution in [2.75, 3.05) is 7.11 Å². The molecule has 100 valence electrons. The number of hydrogen-bond acceptors (Lipinski definition) is 4. The monoisotopic (exact) mass is 274 g/mol. The highest BCUT2D eigenvalue weighted by molar-refractivity contribution is 7.12. The summed E-state index contributed by atoms with van der Waals surface area (Å²) >= 11 is 1.73. The van der Waals surface area contributed by atoms with Gasteiger partial charge in [-0.15, -0.1) is 11.3 Å². The van der Waals surface area contributed by atoms with Gasteiger partial charge < -0.3 is 10.5 Å². The molecule has 1 aliphatic carbocycles. The summed E-state index contributed by atoms with van der Waals surface area (Å²) in [7, 11) is 1.68. The Morgan fingerprint density at radius 2 is 1.95 bits per heavy atom. The summed E-state index contributed by atoms with van der Waals surface area (Å²) in [6.45, 7) is 2.11. The highest BCUT2D eigenvalue weighted by atomic mass is 32.1. The Morgan fingerprint density at radius 1 is 1.26 bits per heavy atom. The molecule has 1 saturated carbocycles. The molecule has 2 aromatic rings. The molecule has 2 N–H and O–H groups in total. The van der Waals surface area contributed by atoms with Gasteiger partial charge in [0.25, 0.3) is 0 Å². The van der Waals surface area contributed by atoms with E-state index in [9.17, 15) is 0 Å². The average Bonchev–Trinajstić information content (AvgIpc) is 2.78. The Hall–Kier alpha value is -1.39. The lowest BCUT2D eigenvalue weighted by Gasteiger charge is -2.35. The van der Waals surface area contributed by atoms with E-state index >= 15 is 0 Å². The van der Waals surface area contributed by atoms with Gasteiger partial charge in [0.2, 0.25) is 0 Å². The maximum Gasteiger partial charge on any atom is 0.118 e. The van der Waals surface area contributed by atoms with Gasteiger partial charge >= 0.3 is 0 Å². The quantitative estimate of drug-likeness (QED) is 0.932. The predicted molar refractivity (Wildman–Crippen MR) is 78.6 cm³/mol. The minimum absolute atomic E-state index is 0.167. The number of hydrogen-bond donors (Lipinski definition) is 1. The van der Waals surface area contributed by atoms with Crippen LogP contribution in [0.25, 0.3) is 11.3 Å². The van der Waals surface area contributed by atoms with Crippen molar-refractivity contribution >= 4 is 11.3 Å². The zero-order valence-corrected chi connectivity index (χ0v) is 12.1. The average molecular weight is 274 g/mol. The first-order valence-corrected chi connectivity index (χ1v) is 7.35. The highest BCUT2D eigenvalue weighted by Crippen LogP contribution is 2.42. The van der Waals surface area contributed by atoms with Crippen LogP contribution < -0.4 is 10.5 Å². The van der Waals surface area contributed by atoms with E-state index in [-0.39, 0.29) is 5.54 Å². The number of thiazole rings is 1. The van der Waals surface area contributed by atoms with Crippen molar-refractivity contribution in [2.24, 2.45) is 5.73 Å². The second kappa shape index (κ2) is 4.62. The Balaban J connectivity index is 1.95. The molecule has 1 aliphatic rings. The van der Waals surface area contributed by atoms with Crippen molar-refractivity contribution in [3.8, 4) is 17.0 Å². The standard InChI is InChI=1S/C15H18N2OS/c1-10-13(11-4-6-12(18-2)7-5-11)17-14(19-10)15(16)8-3-9-15/h4-7H,3,8-9,16H2,1-2H3. The molecular weight excluding hydrogens is 256 g/mol. The number of nitrogens with zero attached hydrogens (tertiary/aromatic N) is 1. The molecule has 0 amide bonds. The van der Waals surface area contributed by atoms with Crippen molar-refractivity contribution in [3.05, 3.63) is 34.2 Å². The Morgan fingerprint density at radius 3 is 2.47 bits per heavy atom. The fraction of sp³-hybridized carbons (Fsp3) is 0.400. The minimum atomic E-state index is -0.167. The maximum absolute atomic E-state index is 6.36. The molecule has 1 aromatic carbocycles. The molecule has 3 nitrogen and oxygen atoms in total. The number of rotatable bonds is 3. The summed E-state index contributed by atoms with van der Waals surface area (Å²) in [5.74, 6) is 0.867. The lowest BCUT2D eigenvalue weighted by molar-refractivity contribution is 0.253. The second-order valence-electron chi connectivity index (χ2n) is 5.16. The van der Waals surface area contributed by atoms with Crippen molar-refractivity contribution in [2.45, 2.75) is 31.7 Å². The summed E-state index contributed by atoms with van der Waals surface area (Å²) in [6.07, 6.45) is 3.33. The third-order valence-corrected chi connectivity index (χ3v) is 5.02. The molecule has 1 fully saturated rings. The van der Waals surface area contributed by atoms with Crippen molar-refractivity contribution in [1.29, 1.82) is 0 Å². The van der Waals surface area contributed by atoms with Crippen LogP contribution >= 0.6 is 11.3 Å². The van der Waals surface area contributed by atoms with Gasteiger partial charge in [-0.25, -0.2) is 4.98 Å². The van der Waals surface area contributed by atoms with Crippen molar-refractivity contribution < 1.29 is 4.74 Å². The summed E-state index contributed by atoms with van der Waals surface area (Å²) in [6, 6.07) is 8.04. The van der Waals surface area contributed by atoms with Crippen LogP contribution in [-0.4, -0.2) is 12.1 Å². The Kier molecular flexibility index (Phi) is 3.07. The van der Waals surface area contributed by atoms with Crippen LogP contribution in [0.4, 0.5) is 0 Å². The van der Waals surface area contributed by atoms with Gasteiger partial charge in [0.1, 0.15) is 10.8 Å². The first-order valence-electron chi connectivity index (χ1n) is 6.53. The minimum Gasteiger partial charge on any atom is -0.497 e. The number of nitrogens with two attached hydrogens (primary N) is 1. The molecule has 4 heteroatoms. The second-order valence-corrected chi connectivity index (χ2v) is 6.37. The summed E-state index contributed by atoms with van der Waals surface area (Å²) < 4.78 is 5.18. The van der Waals surface area contributed by atoms with Crippen molar-refractivity contribution in [1.82, 2.24) is 4.98 Å². The largest absolute Gasteiger partial charge is 0.497 e. The van der Waals surface area contributed by atoms with Crippen LogP contribution in [0.15, 0.2) is 24.3 Å². The van der Waals surface area contributed by atoms with E-state index in [2.05, 4.69) is 19.1 Å². The molecule has 0 atom stereocenters. The Bertz CT molecular complexity index is 585. The van der Waals surface area contributed by atoms with E-state index < -0.39 is 0 Å². The SMILES string of the molecule is COc1ccc(-c2nc(C3(N)CCC3)sc2C)cc1. The normalized spacial score (nSPS) is 17.0. The molecule has 1 aromatic heterocycles. The van der Waals surface area contributed by atoms with Crippen LogP contribution in [0.3, 0.4) is 0 Å². The molecule has 0 aliphatic heterocycles. The van der Waals surface area contributed by atoms with E-state index in [1.165, 1.54) is 11.3 Å². The summed E-state index contributed by atoms with van der Waals surface area (Å²) in [4.78, 5) is 6.02. The fourth-order valence-corrected chi connectivity index (χ4v) is 3.49. The summed E-state index contributed by atoms with van der Waals surface area (Å²) in [5.41, 5.74) is 8.37. The number of benzene rings is 1. The molecule has 3 rings (SSSR count). The summed E-state index contributed by atoms with van der Waals surface area (Å²) in [5, 5.41) is 1.09. The van der Waals surface area contributed by atoms with E-state index in [0.717, 1.165) is 34.9 Å². The van der Waals surface area contributed by atoms with Gasteiger partial charge in [-0.05, 0) is 50.5 Å². The third kappa shape index (κ3) is 2.15.